The molecule has 1 heterocycles. The molecular weight excluding hydrogens is 346 g/mol. The molecule has 1 aliphatic heterocycles. The van der Waals surface area contributed by atoms with Crippen LogP contribution in [0.15, 0.2) is 24.3 Å². The number of nitrogens with two attached hydrogens (primary N) is 1. The molecule has 0 aliphatic carbocycles. The van der Waals surface area contributed by atoms with Gasteiger partial charge in [-0.1, -0.05) is 18.2 Å². The van der Waals surface area contributed by atoms with E-state index in [1.165, 1.54) is 6.07 Å². The van der Waals surface area contributed by atoms with Crippen molar-refractivity contribution in [2.75, 3.05) is 18.1 Å². The van der Waals surface area contributed by atoms with Crippen molar-refractivity contribution < 1.29 is 27.5 Å². The van der Waals surface area contributed by atoms with Crippen molar-refractivity contribution in [3.05, 3.63) is 29.8 Å². The molecule has 0 saturated carbocycles. The van der Waals surface area contributed by atoms with Crippen LogP contribution in [-0.2, 0) is 4.57 Å². The molecule has 10 heteroatoms. The van der Waals surface area contributed by atoms with Gasteiger partial charge in [0.25, 0.3) is 0 Å². The Morgan fingerprint density at radius 1 is 1.33 bits per heavy atom. The maximum absolute atomic E-state index is 13.5. The van der Waals surface area contributed by atoms with Crippen molar-refractivity contribution in [3.63, 3.8) is 0 Å². The van der Waals surface area contributed by atoms with Gasteiger partial charge in [0.15, 0.2) is 0 Å². The highest BCUT2D eigenvalue weighted by Gasteiger charge is 2.47. The minimum Gasteiger partial charge on any atom is -0.374 e. The molecule has 0 aromatic heterocycles. The largest absolute Gasteiger partial charge is 0.392 e. The molecule has 0 bridgehead atoms. The summed E-state index contributed by atoms with van der Waals surface area (Å²) in [4.78, 5) is 18.0. The third-order valence-electron chi connectivity index (χ3n) is 4.11. The lowest BCUT2D eigenvalue weighted by molar-refractivity contribution is -0.183. The molecule has 3 atom stereocenters. The van der Waals surface area contributed by atoms with E-state index in [0.29, 0.717) is 17.8 Å². The second kappa shape index (κ2) is 7.41. The van der Waals surface area contributed by atoms with E-state index in [0.717, 1.165) is 0 Å². The number of hydrogen-bond donors (Lipinski definition) is 5. The fraction of sp³-hybridized carbons (Fsp3) is 0.571. The van der Waals surface area contributed by atoms with Crippen LogP contribution in [0, 0.1) is 5.92 Å². The normalized spacial score (nSPS) is 26.0. The molecule has 0 radical (unpaired) electrons. The molecule has 6 N–H and O–H groups in total. The number of hydrogen-bond acceptors (Lipinski definition) is 4. The van der Waals surface area contributed by atoms with Crippen molar-refractivity contribution >= 4 is 13.3 Å². The van der Waals surface area contributed by atoms with Crippen LogP contribution in [0.5, 0.6) is 0 Å². The molecule has 0 spiro atoms. The Labute approximate surface area is 137 Å². The Balaban J connectivity index is 2.34. The highest BCUT2D eigenvalue weighted by molar-refractivity contribution is 7.51. The molecule has 1 aliphatic rings. The van der Waals surface area contributed by atoms with Crippen molar-refractivity contribution in [1.82, 2.24) is 5.32 Å². The number of para-hydroxylation sites is 1. The van der Waals surface area contributed by atoms with Crippen LogP contribution in [0.3, 0.4) is 0 Å². The number of halogens is 3. The number of alkyl halides is 3. The summed E-state index contributed by atoms with van der Waals surface area (Å²) in [7, 11) is -4.32. The molecule has 1 fully saturated rings. The summed E-state index contributed by atoms with van der Waals surface area (Å²) in [6.45, 7) is 0.339. The summed E-state index contributed by atoms with van der Waals surface area (Å²) < 4.78 is 51.6. The van der Waals surface area contributed by atoms with Gasteiger partial charge in [-0.15, -0.1) is 0 Å². The van der Waals surface area contributed by atoms with E-state index < -0.39 is 38.1 Å². The van der Waals surface area contributed by atoms with E-state index in [9.17, 15) is 17.7 Å². The topological polar surface area (TPSA) is 108 Å². The predicted octanol–water partition coefficient (Wildman–Crippen LogP) is 2.16. The highest BCUT2D eigenvalue weighted by atomic mass is 31.2. The molecule has 6 nitrogen and oxygen atoms in total. The molecule has 136 valence electrons. The van der Waals surface area contributed by atoms with Crippen LogP contribution in [-0.4, -0.2) is 35.0 Å². The zero-order chi connectivity index (χ0) is 18.0. The van der Waals surface area contributed by atoms with E-state index in [1.54, 1.807) is 18.2 Å². The maximum atomic E-state index is 13.5. The van der Waals surface area contributed by atoms with Crippen LogP contribution in [0.1, 0.15) is 24.3 Å². The molecule has 1 aromatic carbocycles. The summed E-state index contributed by atoms with van der Waals surface area (Å²) in [6.07, 6.45) is -5.81. The first-order valence-corrected chi connectivity index (χ1v) is 9.31. The molecular formula is C14H21F3N3O3P. The number of nitrogens with one attached hydrogen (secondary N) is 2. The second-order valence-electron chi connectivity index (χ2n) is 5.93. The summed E-state index contributed by atoms with van der Waals surface area (Å²) in [5, 5.41) is 5.43. The van der Waals surface area contributed by atoms with E-state index in [4.69, 9.17) is 15.5 Å². The predicted molar refractivity (Wildman–Crippen MR) is 84.5 cm³/mol. The summed E-state index contributed by atoms with van der Waals surface area (Å²) in [5.41, 5.74) is 6.38. The van der Waals surface area contributed by atoms with Crippen LogP contribution in [0.25, 0.3) is 0 Å². The first-order chi connectivity index (χ1) is 11.1. The second-order valence-corrected chi connectivity index (χ2v) is 7.57. The Morgan fingerprint density at radius 2 is 2.00 bits per heavy atom. The van der Waals surface area contributed by atoms with Gasteiger partial charge >= 0.3 is 13.8 Å². The molecule has 1 aromatic rings. The number of anilines is 1. The van der Waals surface area contributed by atoms with Crippen molar-refractivity contribution in [2.24, 2.45) is 11.7 Å². The molecule has 0 amide bonds. The third-order valence-corrected chi connectivity index (χ3v) is 4.68. The van der Waals surface area contributed by atoms with Crippen LogP contribution in [0.2, 0.25) is 0 Å². The van der Waals surface area contributed by atoms with E-state index in [1.807, 2.05) is 0 Å². The summed E-state index contributed by atoms with van der Waals surface area (Å²) >= 11 is 0. The summed E-state index contributed by atoms with van der Waals surface area (Å²) in [6, 6.07) is 6.30. The first-order valence-electron chi connectivity index (χ1n) is 7.51. The van der Waals surface area contributed by atoms with Crippen LogP contribution < -0.4 is 16.4 Å². The van der Waals surface area contributed by atoms with Crippen LogP contribution >= 0.6 is 7.60 Å². The van der Waals surface area contributed by atoms with Crippen LogP contribution in [0.4, 0.5) is 18.9 Å². The van der Waals surface area contributed by atoms with E-state index in [2.05, 4.69) is 10.6 Å². The molecule has 2 rings (SSSR count). The molecule has 3 unspecified atom stereocenters. The van der Waals surface area contributed by atoms with Gasteiger partial charge in [-0.25, -0.2) is 0 Å². The average Bonchev–Trinajstić information content (AvgIpc) is 2.66. The molecule has 1 saturated heterocycles. The van der Waals surface area contributed by atoms with Crippen molar-refractivity contribution in [3.8, 4) is 0 Å². The van der Waals surface area contributed by atoms with Gasteiger partial charge in [0.2, 0.25) is 0 Å². The van der Waals surface area contributed by atoms with Crippen molar-refractivity contribution in [2.45, 2.75) is 31.1 Å². The highest BCUT2D eigenvalue weighted by Crippen LogP contribution is 2.45. The Morgan fingerprint density at radius 3 is 2.62 bits per heavy atom. The van der Waals surface area contributed by atoms with Gasteiger partial charge in [-0.05, 0) is 36.9 Å². The third kappa shape index (κ3) is 5.19. The van der Waals surface area contributed by atoms with E-state index in [-0.39, 0.29) is 12.8 Å². The standard InChI is InChI=1S/C14H21F3N3O3P/c15-14(16,17)11-7-13(18)19-6-5-9(11)10-3-1-2-4-12(10)20-8-24(21,22)23/h1-4,9,11,13,19-20H,5-8,18H2,(H2,21,22,23). The van der Waals surface area contributed by atoms with Crippen molar-refractivity contribution in [1.29, 1.82) is 0 Å². The smallest absolute Gasteiger partial charge is 0.374 e. The minimum absolute atomic E-state index is 0.229. The summed E-state index contributed by atoms with van der Waals surface area (Å²) in [5.74, 6) is -2.47. The number of rotatable bonds is 4. The van der Waals surface area contributed by atoms with Gasteiger partial charge in [-0.3, -0.25) is 4.57 Å². The first kappa shape index (κ1) is 19.2. The Kier molecular flexibility index (Phi) is 5.93. The lowest BCUT2D eigenvalue weighted by atomic mass is 9.81. The average molecular weight is 367 g/mol. The maximum Gasteiger partial charge on any atom is 0.392 e. The van der Waals surface area contributed by atoms with Gasteiger partial charge in [-0.2, -0.15) is 13.2 Å². The van der Waals surface area contributed by atoms with Gasteiger partial charge in [0, 0.05) is 5.69 Å². The quantitative estimate of drug-likeness (QED) is 0.522. The Bertz CT molecular complexity index is 608. The monoisotopic (exact) mass is 367 g/mol. The molecule has 24 heavy (non-hydrogen) atoms. The van der Waals surface area contributed by atoms with Gasteiger partial charge < -0.3 is 26.2 Å². The zero-order valence-electron chi connectivity index (χ0n) is 12.8. The minimum atomic E-state index is -4.41. The zero-order valence-corrected chi connectivity index (χ0v) is 13.7. The lowest BCUT2D eigenvalue weighted by Gasteiger charge is -2.29. The van der Waals surface area contributed by atoms with Gasteiger partial charge in [0.05, 0.1) is 12.1 Å². The lowest BCUT2D eigenvalue weighted by Crippen LogP contribution is -2.39. The van der Waals surface area contributed by atoms with E-state index >= 15 is 0 Å². The number of benzene rings is 1. The fourth-order valence-corrected chi connectivity index (χ4v) is 3.43. The Hall–Kier alpha value is -1.12. The van der Waals surface area contributed by atoms with Gasteiger partial charge in [0.1, 0.15) is 6.29 Å². The SMILES string of the molecule is NC1CC(C(F)(F)F)C(c2ccccc2NCP(=O)(O)O)CCN1. The fourth-order valence-electron chi connectivity index (χ4n) is 3.05.